The number of hydrogen-bond acceptors (Lipinski definition) is 7. The van der Waals surface area contributed by atoms with Gasteiger partial charge in [-0.15, -0.1) is 0 Å². The smallest absolute Gasteiger partial charge is 0.255 e. The first-order chi connectivity index (χ1) is 15.2. The maximum absolute atomic E-state index is 12.7. The van der Waals surface area contributed by atoms with Crippen molar-refractivity contribution >= 4 is 0 Å². The van der Waals surface area contributed by atoms with Crippen LogP contribution in [0.15, 0.2) is 47.5 Å². The number of nitrogens with one attached hydrogen (secondary N) is 1. The van der Waals surface area contributed by atoms with Gasteiger partial charge in [-0.3, -0.25) is 14.7 Å². The van der Waals surface area contributed by atoms with Crippen LogP contribution >= 0.6 is 0 Å². The first-order valence-electron chi connectivity index (χ1n) is 10.4. The molecule has 3 aromatic rings. The normalized spacial score (nSPS) is 13.6. The van der Waals surface area contributed by atoms with Crippen LogP contribution in [-0.2, 0) is 19.5 Å². The minimum atomic E-state index is -0.101. The molecule has 0 amide bonds. The molecule has 8 nitrogen and oxygen atoms in total. The van der Waals surface area contributed by atoms with E-state index in [0.29, 0.717) is 49.0 Å². The predicted octanol–water partition coefficient (Wildman–Crippen LogP) is 2.16. The summed E-state index contributed by atoms with van der Waals surface area (Å²) in [6.45, 7) is 4.65. The average molecular weight is 422 g/mol. The molecule has 0 radical (unpaired) electrons. The van der Waals surface area contributed by atoms with Gasteiger partial charge in [0.25, 0.3) is 5.56 Å². The molecule has 1 aliphatic rings. The molecule has 8 heteroatoms. The molecule has 0 aliphatic carbocycles. The van der Waals surface area contributed by atoms with Gasteiger partial charge in [-0.25, -0.2) is 4.98 Å². The molecule has 162 valence electrons. The van der Waals surface area contributed by atoms with Crippen molar-refractivity contribution in [1.82, 2.24) is 19.9 Å². The molecular weight excluding hydrogens is 396 g/mol. The molecule has 0 bridgehead atoms. The van der Waals surface area contributed by atoms with E-state index in [2.05, 4.69) is 19.9 Å². The van der Waals surface area contributed by atoms with Gasteiger partial charge in [-0.1, -0.05) is 6.07 Å². The van der Waals surface area contributed by atoms with Crippen molar-refractivity contribution in [3.05, 3.63) is 69.9 Å². The lowest BCUT2D eigenvalue weighted by Crippen LogP contribution is -2.35. The standard InChI is InChI=1S/C23H26N4O4/c1-2-30-21-12-16(5-6-20(21)31-11-10-28)14-27-9-7-19-18(15-27)23(29)26-22(25-19)17-4-3-8-24-13-17/h3-6,8,12-13,28H,2,7,9-11,14-15H2,1H3,(H,25,26,29). The topological polar surface area (TPSA) is 101 Å². The van der Waals surface area contributed by atoms with Crippen LogP contribution in [0.1, 0.15) is 23.7 Å². The zero-order valence-electron chi connectivity index (χ0n) is 17.5. The molecule has 0 fully saturated rings. The number of pyridine rings is 1. The summed E-state index contributed by atoms with van der Waals surface area (Å²) in [5.74, 6) is 1.84. The van der Waals surface area contributed by atoms with Crippen molar-refractivity contribution in [2.75, 3.05) is 26.4 Å². The van der Waals surface area contributed by atoms with Gasteiger partial charge in [0.05, 0.1) is 24.5 Å². The third-order valence-electron chi connectivity index (χ3n) is 5.15. The SMILES string of the molecule is CCOc1cc(CN2CCc3nc(-c4cccnc4)[nH]c(=O)c3C2)ccc1OCCO. The lowest BCUT2D eigenvalue weighted by atomic mass is 10.1. The summed E-state index contributed by atoms with van der Waals surface area (Å²) in [5.41, 5.74) is 3.33. The van der Waals surface area contributed by atoms with Crippen molar-refractivity contribution in [2.45, 2.75) is 26.4 Å². The van der Waals surface area contributed by atoms with Crippen molar-refractivity contribution in [3.8, 4) is 22.9 Å². The van der Waals surface area contributed by atoms with Gasteiger partial charge in [0.2, 0.25) is 0 Å². The number of ether oxygens (including phenoxy) is 2. The largest absolute Gasteiger partial charge is 0.490 e. The molecule has 2 N–H and O–H groups in total. The number of benzene rings is 1. The monoisotopic (exact) mass is 422 g/mol. The van der Waals surface area contributed by atoms with E-state index in [9.17, 15) is 4.79 Å². The fraction of sp³-hybridized carbons (Fsp3) is 0.348. The summed E-state index contributed by atoms with van der Waals surface area (Å²) in [4.78, 5) is 26.7. The molecule has 3 heterocycles. The molecule has 0 saturated carbocycles. The number of H-pyrrole nitrogens is 1. The fourth-order valence-corrected chi connectivity index (χ4v) is 3.71. The zero-order chi connectivity index (χ0) is 21.6. The van der Waals surface area contributed by atoms with Crippen molar-refractivity contribution < 1.29 is 14.6 Å². The van der Waals surface area contributed by atoms with E-state index in [1.165, 1.54) is 0 Å². The van der Waals surface area contributed by atoms with Gasteiger partial charge < -0.3 is 19.6 Å². The minimum absolute atomic E-state index is 0.0500. The van der Waals surface area contributed by atoms with E-state index in [1.54, 1.807) is 12.4 Å². The van der Waals surface area contributed by atoms with Crippen LogP contribution < -0.4 is 15.0 Å². The third-order valence-corrected chi connectivity index (χ3v) is 5.15. The Hall–Kier alpha value is -3.23. The van der Waals surface area contributed by atoms with E-state index < -0.39 is 0 Å². The molecule has 0 unspecified atom stereocenters. The summed E-state index contributed by atoms with van der Waals surface area (Å²) in [6.07, 6.45) is 4.10. The first-order valence-corrected chi connectivity index (χ1v) is 10.4. The van der Waals surface area contributed by atoms with E-state index in [0.717, 1.165) is 23.4 Å². The highest BCUT2D eigenvalue weighted by Gasteiger charge is 2.22. The van der Waals surface area contributed by atoms with Crippen LogP contribution in [0.5, 0.6) is 11.5 Å². The zero-order valence-corrected chi connectivity index (χ0v) is 17.5. The Labute approximate surface area is 180 Å². The lowest BCUT2D eigenvalue weighted by Gasteiger charge is -2.28. The molecular formula is C23H26N4O4. The third kappa shape index (κ3) is 4.92. The summed E-state index contributed by atoms with van der Waals surface area (Å²) in [6, 6.07) is 9.52. The van der Waals surface area contributed by atoms with Crippen LogP contribution in [0.2, 0.25) is 0 Å². The van der Waals surface area contributed by atoms with Crippen LogP contribution in [0.25, 0.3) is 11.4 Å². The predicted molar refractivity (Wildman–Crippen MR) is 116 cm³/mol. The Morgan fingerprint density at radius 2 is 2.13 bits per heavy atom. The summed E-state index contributed by atoms with van der Waals surface area (Å²) < 4.78 is 11.2. The number of aromatic nitrogens is 3. The molecule has 0 spiro atoms. The Kier molecular flexibility index (Phi) is 6.59. The highest BCUT2D eigenvalue weighted by atomic mass is 16.5. The number of nitrogens with zero attached hydrogens (tertiary/aromatic N) is 3. The minimum Gasteiger partial charge on any atom is -0.490 e. The van der Waals surface area contributed by atoms with Crippen molar-refractivity contribution in [1.29, 1.82) is 0 Å². The molecule has 31 heavy (non-hydrogen) atoms. The number of aliphatic hydroxyl groups is 1. The highest BCUT2D eigenvalue weighted by Crippen LogP contribution is 2.29. The Morgan fingerprint density at radius 1 is 1.23 bits per heavy atom. The van der Waals surface area contributed by atoms with Gasteiger partial charge in [0, 0.05) is 44.0 Å². The maximum Gasteiger partial charge on any atom is 0.255 e. The second kappa shape index (κ2) is 9.72. The molecule has 4 rings (SSSR count). The molecule has 1 aromatic carbocycles. The number of hydrogen-bond donors (Lipinski definition) is 2. The highest BCUT2D eigenvalue weighted by molar-refractivity contribution is 5.53. The fourth-order valence-electron chi connectivity index (χ4n) is 3.71. The second-order valence-electron chi connectivity index (χ2n) is 7.33. The van der Waals surface area contributed by atoms with Gasteiger partial charge >= 0.3 is 0 Å². The summed E-state index contributed by atoms with van der Waals surface area (Å²) in [5, 5.41) is 8.99. The molecule has 1 aliphatic heterocycles. The average Bonchev–Trinajstić information content (AvgIpc) is 2.80. The summed E-state index contributed by atoms with van der Waals surface area (Å²) in [7, 11) is 0. The Morgan fingerprint density at radius 3 is 2.90 bits per heavy atom. The van der Waals surface area contributed by atoms with Gasteiger partial charge in [-0.2, -0.15) is 0 Å². The number of aliphatic hydroxyl groups excluding tert-OH is 1. The number of fused-ring (bicyclic) bond motifs is 1. The van der Waals surface area contributed by atoms with E-state index in [4.69, 9.17) is 14.6 Å². The van der Waals surface area contributed by atoms with Crippen molar-refractivity contribution in [3.63, 3.8) is 0 Å². The van der Waals surface area contributed by atoms with Crippen LogP contribution in [0.4, 0.5) is 0 Å². The molecule has 0 saturated heterocycles. The van der Waals surface area contributed by atoms with E-state index >= 15 is 0 Å². The van der Waals surface area contributed by atoms with E-state index in [-0.39, 0.29) is 18.8 Å². The van der Waals surface area contributed by atoms with Gasteiger partial charge in [0.1, 0.15) is 12.4 Å². The second-order valence-corrected chi connectivity index (χ2v) is 7.33. The maximum atomic E-state index is 12.7. The van der Waals surface area contributed by atoms with Crippen LogP contribution in [-0.4, -0.2) is 51.3 Å². The molecule has 0 atom stereocenters. The number of rotatable bonds is 8. The Bertz CT molecular complexity index is 1080. The summed E-state index contributed by atoms with van der Waals surface area (Å²) >= 11 is 0. The quantitative estimate of drug-likeness (QED) is 0.574. The molecule has 2 aromatic heterocycles. The lowest BCUT2D eigenvalue weighted by molar-refractivity contribution is 0.194. The number of aromatic amines is 1. The van der Waals surface area contributed by atoms with Crippen LogP contribution in [0.3, 0.4) is 0 Å². The van der Waals surface area contributed by atoms with Crippen LogP contribution in [0, 0.1) is 0 Å². The first kappa shape index (κ1) is 21.0. The van der Waals surface area contributed by atoms with Gasteiger partial charge in [-0.05, 0) is 36.8 Å². The van der Waals surface area contributed by atoms with E-state index in [1.807, 2.05) is 37.3 Å². The van der Waals surface area contributed by atoms with Crippen molar-refractivity contribution in [2.24, 2.45) is 0 Å². The van der Waals surface area contributed by atoms with Gasteiger partial charge in [0.15, 0.2) is 11.5 Å². The Balaban J connectivity index is 1.50.